The molecule has 9 heteroatoms. The van der Waals surface area contributed by atoms with Crippen molar-refractivity contribution in [2.75, 3.05) is 25.6 Å². The predicted octanol–water partition coefficient (Wildman–Crippen LogP) is 3.38. The summed E-state index contributed by atoms with van der Waals surface area (Å²) in [4.78, 5) is 28.1. The van der Waals surface area contributed by atoms with Crippen molar-refractivity contribution in [3.05, 3.63) is 72.6 Å². The number of amides is 1. The van der Waals surface area contributed by atoms with Crippen LogP contribution in [0.5, 0.6) is 11.5 Å². The van der Waals surface area contributed by atoms with Crippen LogP contribution in [0.15, 0.2) is 61.4 Å². The SMILES string of the molecule is COCC(=O)NCC#Cc1ccc2ncnc(Nc3ccc(Oc4cncnc4)c(C)c3)c2c1. The molecule has 2 heterocycles. The molecule has 0 aliphatic heterocycles. The summed E-state index contributed by atoms with van der Waals surface area (Å²) in [5.74, 6) is 7.72. The van der Waals surface area contributed by atoms with E-state index in [0.29, 0.717) is 17.3 Å². The Morgan fingerprint density at radius 2 is 1.91 bits per heavy atom. The molecule has 0 unspecified atom stereocenters. The molecule has 170 valence electrons. The molecule has 0 saturated carbocycles. The van der Waals surface area contributed by atoms with Gasteiger partial charge in [0.1, 0.15) is 30.8 Å². The van der Waals surface area contributed by atoms with Gasteiger partial charge in [0, 0.05) is 23.7 Å². The molecule has 9 nitrogen and oxygen atoms in total. The van der Waals surface area contributed by atoms with Crippen LogP contribution in [-0.4, -0.2) is 46.1 Å². The number of aromatic nitrogens is 4. The Hall–Kier alpha value is -4.55. The van der Waals surface area contributed by atoms with Gasteiger partial charge in [0.15, 0.2) is 5.75 Å². The summed E-state index contributed by atoms with van der Waals surface area (Å²) in [6.45, 7) is 2.21. The smallest absolute Gasteiger partial charge is 0.246 e. The minimum Gasteiger partial charge on any atom is -0.454 e. The van der Waals surface area contributed by atoms with E-state index in [1.807, 2.05) is 43.3 Å². The number of carbonyl (C=O) groups excluding carboxylic acids is 1. The van der Waals surface area contributed by atoms with Gasteiger partial charge in [-0.2, -0.15) is 0 Å². The Kier molecular flexibility index (Phi) is 7.22. The van der Waals surface area contributed by atoms with Gasteiger partial charge in [-0.1, -0.05) is 11.8 Å². The fourth-order valence-electron chi connectivity index (χ4n) is 3.15. The van der Waals surface area contributed by atoms with E-state index in [1.54, 1.807) is 12.4 Å². The lowest BCUT2D eigenvalue weighted by Crippen LogP contribution is -2.27. The van der Waals surface area contributed by atoms with E-state index in [2.05, 4.69) is 42.4 Å². The number of rotatable bonds is 7. The topological polar surface area (TPSA) is 111 Å². The third kappa shape index (κ3) is 5.82. The van der Waals surface area contributed by atoms with Gasteiger partial charge in [-0.3, -0.25) is 4.79 Å². The molecule has 1 amide bonds. The van der Waals surface area contributed by atoms with Crippen LogP contribution in [0.2, 0.25) is 0 Å². The van der Waals surface area contributed by atoms with E-state index in [9.17, 15) is 4.79 Å². The fraction of sp³-hybridized carbons (Fsp3) is 0.160. The van der Waals surface area contributed by atoms with E-state index in [4.69, 9.17) is 9.47 Å². The second-order valence-electron chi connectivity index (χ2n) is 7.25. The fourth-order valence-corrected chi connectivity index (χ4v) is 3.15. The number of methoxy groups -OCH3 is 1. The van der Waals surface area contributed by atoms with Crippen LogP contribution in [0.25, 0.3) is 10.9 Å². The summed E-state index contributed by atoms with van der Waals surface area (Å²) in [5.41, 5.74) is 3.37. The van der Waals surface area contributed by atoms with Crippen molar-refractivity contribution in [3.8, 4) is 23.3 Å². The minimum absolute atomic E-state index is 0.0112. The quantitative estimate of drug-likeness (QED) is 0.409. The number of anilines is 2. The maximum Gasteiger partial charge on any atom is 0.246 e. The number of aryl methyl sites for hydroxylation is 1. The van der Waals surface area contributed by atoms with Crippen LogP contribution in [0.1, 0.15) is 11.1 Å². The molecule has 0 aliphatic rings. The van der Waals surface area contributed by atoms with Crippen LogP contribution < -0.4 is 15.4 Å². The zero-order valence-electron chi connectivity index (χ0n) is 18.7. The summed E-state index contributed by atoms with van der Waals surface area (Å²) >= 11 is 0. The van der Waals surface area contributed by atoms with Crippen molar-refractivity contribution < 1.29 is 14.3 Å². The molecule has 0 atom stereocenters. The van der Waals surface area contributed by atoms with Gasteiger partial charge in [-0.05, 0) is 48.9 Å². The Balaban J connectivity index is 1.51. The molecule has 0 saturated heterocycles. The van der Waals surface area contributed by atoms with Gasteiger partial charge in [-0.15, -0.1) is 0 Å². The molecular weight excluding hydrogens is 432 g/mol. The maximum absolute atomic E-state index is 11.4. The largest absolute Gasteiger partial charge is 0.454 e. The summed E-state index contributed by atoms with van der Waals surface area (Å²) in [5, 5.41) is 6.85. The van der Waals surface area contributed by atoms with Crippen molar-refractivity contribution in [2.24, 2.45) is 0 Å². The highest BCUT2D eigenvalue weighted by molar-refractivity contribution is 5.91. The first kappa shape index (κ1) is 22.6. The van der Waals surface area contributed by atoms with Crippen molar-refractivity contribution in [1.82, 2.24) is 25.3 Å². The lowest BCUT2D eigenvalue weighted by molar-refractivity contribution is -0.124. The normalized spacial score (nSPS) is 10.3. The summed E-state index contributed by atoms with van der Waals surface area (Å²) in [7, 11) is 1.47. The number of nitrogens with zero attached hydrogens (tertiary/aromatic N) is 4. The van der Waals surface area contributed by atoms with Crippen LogP contribution >= 0.6 is 0 Å². The summed E-state index contributed by atoms with van der Waals surface area (Å²) in [6, 6.07) is 11.4. The Morgan fingerprint density at radius 3 is 2.71 bits per heavy atom. The summed E-state index contributed by atoms with van der Waals surface area (Å²) < 4.78 is 10.6. The molecule has 4 aromatic rings. The first-order valence-corrected chi connectivity index (χ1v) is 10.4. The maximum atomic E-state index is 11.4. The van der Waals surface area contributed by atoms with Crippen LogP contribution in [0.4, 0.5) is 11.5 Å². The number of hydrogen-bond acceptors (Lipinski definition) is 8. The standard InChI is InChI=1S/C25H22N6O3/c1-17-10-19(6-8-23(17)34-20-12-26-15-27-13-20)31-25-21-11-18(5-7-22(21)29-16-30-25)4-3-9-28-24(32)14-33-2/h5-8,10-13,15-16H,9,14H2,1-2H3,(H,28,32)(H,29,30,31). The average molecular weight is 454 g/mol. The molecule has 2 aromatic carbocycles. The number of fused-ring (bicyclic) bond motifs is 1. The average Bonchev–Trinajstić information content (AvgIpc) is 2.85. The molecule has 0 aliphatic carbocycles. The van der Waals surface area contributed by atoms with Gasteiger partial charge < -0.3 is 20.1 Å². The lowest BCUT2D eigenvalue weighted by atomic mass is 10.1. The van der Waals surface area contributed by atoms with Gasteiger partial charge >= 0.3 is 0 Å². The molecule has 0 bridgehead atoms. The molecule has 2 aromatic heterocycles. The van der Waals surface area contributed by atoms with Crippen LogP contribution in [0.3, 0.4) is 0 Å². The predicted molar refractivity (Wildman–Crippen MR) is 128 cm³/mol. The van der Waals surface area contributed by atoms with E-state index >= 15 is 0 Å². The lowest BCUT2D eigenvalue weighted by Gasteiger charge is -2.12. The number of benzene rings is 2. The molecule has 34 heavy (non-hydrogen) atoms. The van der Waals surface area contributed by atoms with Gasteiger partial charge in [0.05, 0.1) is 24.5 Å². The van der Waals surface area contributed by atoms with Crippen LogP contribution in [0, 0.1) is 18.8 Å². The van der Waals surface area contributed by atoms with Crippen molar-refractivity contribution >= 4 is 28.3 Å². The Labute approximate surface area is 196 Å². The van der Waals surface area contributed by atoms with Gasteiger partial charge in [0.25, 0.3) is 0 Å². The van der Waals surface area contributed by atoms with E-state index < -0.39 is 0 Å². The van der Waals surface area contributed by atoms with Gasteiger partial charge in [0.2, 0.25) is 5.91 Å². The van der Waals surface area contributed by atoms with E-state index in [1.165, 1.54) is 19.8 Å². The highest BCUT2D eigenvalue weighted by Gasteiger charge is 2.08. The van der Waals surface area contributed by atoms with Crippen LogP contribution in [-0.2, 0) is 9.53 Å². The molecule has 2 N–H and O–H groups in total. The first-order chi connectivity index (χ1) is 16.6. The second kappa shape index (κ2) is 10.8. The van der Waals surface area contributed by atoms with E-state index in [-0.39, 0.29) is 19.1 Å². The highest BCUT2D eigenvalue weighted by atomic mass is 16.5. The third-order valence-corrected chi connectivity index (χ3v) is 4.72. The number of nitrogens with one attached hydrogen (secondary N) is 2. The van der Waals surface area contributed by atoms with Gasteiger partial charge in [-0.25, -0.2) is 19.9 Å². The number of ether oxygens (including phenoxy) is 2. The van der Waals surface area contributed by atoms with Crippen molar-refractivity contribution in [3.63, 3.8) is 0 Å². The Bertz CT molecular complexity index is 1370. The molecule has 0 radical (unpaired) electrons. The first-order valence-electron chi connectivity index (χ1n) is 10.4. The zero-order valence-corrected chi connectivity index (χ0v) is 18.7. The van der Waals surface area contributed by atoms with Crippen molar-refractivity contribution in [1.29, 1.82) is 0 Å². The zero-order chi connectivity index (χ0) is 23.8. The number of carbonyl (C=O) groups is 1. The minimum atomic E-state index is -0.209. The summed E-state index contributed by atoms with van der Waals surface area (Å²) in [6.07, 6.45) is 6.19. The molecular formula is C25H22N6O3. The Morgan fingerprint density at radius 1 is 1.06 bits per heavy atom. The molecule has 0 fully saturated rings. The third-order valence-electron chi connectivity index (χ3n) is 4.72. The van der Waals surface area contributed by atoms with E-state index in [0.717, 1.165) is 27.7 Å². The number of hydrogen-bond donors (Lipinski definition) is 2. The highest BCUT2D eigenvalue weighted by Crippen LogP contribution is 2.29. The second-order valence-corrected chi connectivity index (χ2v) is 7.25. The monoisotopic (exact) mass is 454 g/mol. The molecule has 4 rings (SSSR count). The van der Waals surface area contributed by atoms with Crippen molar-refractivity contribution in [2.45, 2.75) is 6.92 Å². The molecule has 0 spiro atoms.